The lowest BCUT2D eigenvalue weighted by Gasteiger charge is -2.18. The molecule has 0 saturated carbocycles. The van der Waals surface area contributed by atoms with Crippen LogP contribution in [0.5, 0.6) is 0 Å². The van der Waals surface area contributed by atoms with Gasteiger partial charge in [-0.15, -0.1) is 0 Å². The van der Waals surface area contributed by atoms with Gasteiger partial charge in [0.25, 0.3) is 0 Å². The molecule has 0 aliphatic rings. The third kappa shape index (κ3) is 14.3. The van der Waals surface area contributed by atoms with Crippen LogP contribution in [-0.2, 0) is 14.3 Å². The molecule has 24 heavy (non-hydrogen) atoms. The van der Waals surface area contributed by atoms with E-state index in [1.807, 2.05) is 0 Å². The van der Waals surface area contributed by atoms with Gasteiger partial charge in [0.15, 0.2) is 5.96 Å². The number of methoxy groups -OCH3 is 2. The maximum Gasteiger partial charge on any atom is 0.305 e. The minimum absolute atomic E-state index is 0.120. The van der Waals surface area contributed by atoms with Crippen LogP contribution in [-0.4, -0.2) is 77.9 Å². The van der Waals surface area contributed by atoms with E-state index in [-0.39, 0.29) is 5.97 Å². The summed E-state index contributed by atoms with van der Waals surface area (Å²) in [5.41, 5.74) is 0. The molecule has 2 N–H and O–H groups in total. The Kier molecular flexibility index (Phi) is 15.6. The van der Waals surface area contributed by atoms with E-state index in [1.165, 1.54) is 7.11 Å². The van der Waals surface area contributed by atoms with Crippen molar-refractivity contribution in [1.82, 2.24) is 15.5 Å². The first-order valence-corrected chi connectivity index (χ1v) is 8.82. The fourth-order valence-electron chi connectivity index (χ4n) is 2.23. The number of unbranched alkanes of at least 4 members (excludes halogenated alkanes) is 3. The molecular formula is C17H36N4O3. The van der Waals surface area contributed by atoms with Gasteiger partial charge in [-0.25, -0.2) is 0 Å². The average Bonchev–Trinajstić information content (AvgIpc) is 2.59. The zero-order chi connectivity index (χ0) is 18.0. The highest BCUT2D eigenvalue weighted by Gasteiger charge is 2.01. The van der Waals surface area contributed by atoms with Crippen LogP contribution in [0.25, 0.3) is 0 Å². The van der Waals surface area contributed by atoms with Crippen molar-refractivity contribution in [2.24, 2.45) is 4.99 Å². The number of nitrogens with zero attached hydrogens (tertiary/aromatic N) is 2. The first-order valence-electron chi connectivity index (χ1n) is 8.82. The van der Waals surface area contributed by atoms with E-state index in [1.54, 1.807) is 14.2 Å². The minimum atomic E-state index is -0.120. The third-order valence-electron chi connectivity index (χ3n) is 3.73. The SMILES string of the molecule is CN=C(NCCCCCCC(=O)OC)NCCN(C)CCCOC. The molecule has 0 saturated heterocycles. The Morgan fingerprint density at radius 3 is 2.38 bits per heavy atom. The monoisotopic (exact) mass is 344 g/mol. The van der Waals surface area contributed by atoms with E-state index in [0.717, 1.165) is 70.8 Å². The van der Waals surface area contributed by atoms with Gasteiger partial charge in [0.05, 0.1) is 7.11 Å². The summed E-state index contributed by atoms with van der Waals surface area (Å²) in [6, 6.07) is 0. The van der Waals surface area contributed by atoms with Crippen molar-refractivity contribution in [2.45, 2.75) is 38.5 Å². The number of esters is 1. The van der Waals surface area contributed by atoms with E-state index in [0.29, 0.717) is 6.42 Å². The zero-order valence-electron chi connectivity index (χ0n) is 15.9. The molecule has 0 aliphatic heterocycles. The van der Waals surface area contributed by atoms with E-state index >= 15 is 0 Å². The predicted molar refractivity (Wildman–Crippen MR) is 98.5 cm³/mol. The van der Waals surface area contributed by atoms with E-state index in [2.05, 4.69) is 32.3 Å². The van der Waals surface area contributed by atoms with E-state index in [4.69, 9.17) is 4.74 Å². The normalized spacial score (nSPS) is 11.6. The maximum absolute atomic E-state index is 11.0. The molecule has 0 spiro atoms. The van der Waals surface area contributed by atoms with Crippen molar-refractivity contribution in [3.63, 3.8) is 0 Å². The number of likely N-dealkylation sites (N-methyl/N-ethyl adjacent to an activating group) is 1. The molecule has 7 heteroatoms. The summed E-state index contributed by atoms with van der Waals surface area (Å²) in [5.74, 6) is 0.722. The lowest BCUT2D eigenvalue weighted by molar-refractivity contribution is -0.140. The minimum Gasteiger partial charge on any atom is -0.469 e. The molecule has 0 aliphatic carbocycles. The molecule has 142 valence electrons. The number of hydrogen-bond acceptors (Lipinski definition) is 5. The molecule has 0 bridgehead atoms. The summed E-state index contributed by atoms with van der Waals surface area (Å²) >= 11 is 0. The second kappa shape index (κ2) is 16.5. The number of aliphatic imine (C=N–C) groups is 1. The Morgan fingerprint density at radius 2 is 1.71 bits per heavy atom. The number of hydrogen-bond donors (Lipinski definition) is 2. The third-order valence-corrected chi connectivity index (χ3v) is 3.73. The number of carbonyl (C=O) groups is 1. The fraction of sp³-hybridized carbons (Fsp3) is 0.882. The molecule has 0 rings (SSSR count). The van der Waals surface area contributed by atoms with Gasteiger partial charge < -0.3 is 25.0 Å². The fourth-order valence-corrected chi connectivity index (χ4v) is 2.23. The Balaban J connectivity index is 3.55. The second-order valence-corrected chi connectivity index (χ2v) is 5.82. The largest absolute Gasteiger partial charge is 0.469 e. The molecule has 0 aromatic carbocycles. The number of nitrogens with one attached hydrogen (secondary N) is 2. The summed E-state index contributed by atoms with van der Waals surface area (Å²) in [6.07, 6.45) is 5.69. The zero-order valence-corrected chi connectivity index (χ0v) is 15.9. The van der Waals surface area contributed by atoms with Crippen LogP contribution in [0.4, 0.5) is 0 Å². The van der Waals surface area contributed by atoms with Gasteiger partial charge >= 0.3 is 5.97 Å². The van der Waals surface area contributed by atoms with Crippen LogP contribution in [0, 0.1) is 0 Å². The van der Waals surface area contributed by atoms with Gasteiger partial charge in [0.1, 0.15) is 0 Å². The van der Waals surface area contributed by atoms with Crippen LogP contribution >= 0.6 is 0 Å². The van der Waals surface area contributed by atoms with Crippen molar-refractivity contribution in [1.29, 1.82) is 0 Å². The van der Waals surface area contributed by atoms with Gasteiger partial charge in [-0.2, -0.15) is 0 Å². The standard InChI is InChI=1S/C17H36N4O3/c1-18-17(20-12-14-21(2)13-9-15-23-3)19-11-8-6-5-7-10-16(22)24-4/h5-15H2,1-4H3,(H2,18,19,20). The molecule has 0 atom stereocenters. The average molecular weight is 345 g/mol. The van der Waals surface area contributed by atoms with Gasteiger partial charge in [-0.05, 0) is 26.3 Å². The van der Waals surface area contributed by atoms with Gasteiger partial charge in [-0.1, -0.05) is 12.8 Å². The number of guanidine groups is 1. The van der Waals surface area contributed by atoms with Crippen molar-refractivity contribution in [2.75, 3.05) is 61.1 Å². The highest BCUT2D eigenvalue weighted by Crippen LogP contribution is 2.03. The molecule has 0 fully saturated rings. The number of ether oxygens (including phenoxy) is 2. The highest BCUT2D eigenvalue weighted by molar-refractivity contribution is 5.79. The maximum atomic E-state index is 11.0. The highest BCUT2D eigenvalue weighted by atomic mass is 16.5. The summed E-state index contributed by atoms with van der Waals surface area (Å²) in [5, 5.41) is 6.64. The Bertz CT molecular complexity index is 338. The molecule has 0 heterocycles. The number of carbonyl (C=O) groups excluding carboxylic acids is 1. The van der Waals surface area contributed by atoms with Crippen LogP contribution in [0.2, 0.25) is 0 Å². The predicted octanol–water partition coefficient (Wildman–Crippen LogP) is 1.24. The van der Waals surface area contributed by atoms with Crippen LogP contribution in [0.15, 0.2) is 4.99 Å². The van der Waals surface area contributed by atoms with Crippen LogP contribution in [0.1, 0.15) is 38.5 Å². The molecule has 0 aromatic rings. The Labute approximate surface area is 147 Å². The van der Waals surface area contributed by atoms with Crippen molar-refractivity contribution >= 4 is 11.9 Å². The molecule has 0 radical (unpaired) electrons. The molecule has 0 unspecified atom stereocenters. The summed E-state index contributed by atoms with van der Waals surface area (Å²) in [4.78, 5) is 17.5. The first kappa shape index (κ1) is 22.7. The number of rotatable bonds is 14. The van der Waals surface area contributed by atoms with Crippen molar-refractivity contribution in [3.8, 4) is 0 Å². The van der Waals surface area contributed by atoms with Gasteiger partial charge in [0.2, 0.25) is 0 Å². The first-order chi connectivity index (χ1) is 11.6. The van der Waals surface area contributed by atoms with E-state index < -0.39 is 0 Å². The smallest absolute Gasteiger partial charge is 0.305 e. The molecular weight excluding hydrogens is 308 g/mol. The van der Waals surface area contributed by atoms with Crippen LogP contribution in [0.3, 0.4) is 0 Å². The summed E-state index contributed by atoms with van der Waals surface area (Å²) in [6.45, 7) is 4.57. The lowest BCUT2D eigenvalue weighted by atomic mass is 10.1. The summed E-state index contributed by atoms with van der Waals surface area (Å²) < 4.78 is 9.68. The Morgan fingerprint density at radius 1 is 1.00 bits per heavy atom. The second-order valence-electron chi connectivity index (χ2n) is 5.82. The summed E-state index contributed by atoms with van der Waals surface area (Å²) in [7, 11) is 7.06. The Hall–Kier alpha value is -1.34. The van der Waals surface area contributed by atoms with Crippen molar-refractivity contribution < 1.29 is 14.3 Å². The van der Waals surface area contributed by atoms with Crippen LogP contribution < -0.4 is 10.6 Å². The topological polar surface area (TPSA) is 75.2 Å². The van der Waals surface area contributed by atoms with Crippen molar-refractivity contribution in [3.05, 3.63) is 0 Å². The lowest BCUT2D eigenvalue weighted by Crippen LogP contribution is -2.41. The quantitative estimate of drug-likeness (QED) is 0.214. The van der Waals surface area contributed by atoms with Gasteiger partial charge in [0, 0.05) is 53.4 Å². The molecule has 0 aromatic heterocycles. The van der Waals surface area contributed by atoms with Gasteiger partial charge in [-0.3, -0.25) is 9.79 Å². The molecule has 0 amide bonds. The molecule has 7 nitrogen and oxygen atoms in total. The van der Waals surface area contributed by atoms with E-state index in [9.17, 15) is 4.79 Å².